The van der Waals surface area contributed by atoms with Gasteiger partial charge in [0.25, 0.3) is 0 Å². The number of unbranched alkanes of at least 4 members (excludes halogenated alkanes) is 1. The zero-order valence-electron chi connectivity index (χ0n) is 6.29. The van der Waals surface area contributed by atoms with Crippen molar-refractivity contribution in [1.82, 2.24) is 0 Å². The van der Waals surface area contributed by atoms with Crippen molar-refractivity contribution in [3.63, 3.8) is 0 Å². The fraction of sp³-hybridized carbons (Fsp3) is 0.800. The van der Waals surface area contributed by atoms with E-state index in [1.54, 1.807) is 0 Å². The van der Waals surface area contributed by atoms with Gasteiger partial charge in [-0.1, -0.05) is 5.39 Å². The lowest BCUT2D eigenvalue weighted by molar-refractivity contribution is -1.21. The first kappa shape index (κ1) is 11.6. The van der Waals surface area contributed by atoms with Gasteiger partial charge >= 0.3 is 5.43 Å². The van der Waals surface area contributed by atoms with Gasteiger partial charge in [-0.05, 0) is 12.8 Å². The Morgan fingerprint density at radius 2 is 2.08 bits per heavy atom. The van der Waals surface area contributed by atoms with E-state index in [2.05, 4.69) is 9.57 Å². The predicted molar refractivity (Wildman–Crippen MR) is 38.5 cm³/mol. The normalized spacial score (nSPS) is 12.6. The molecule has 6 nitrogen and oxygen atoms in total. The Hall–Kier alpha value is -0.400. The molecule has 0 bridgehead atoms. The van der Waals surface area contributed by atoms with E-state index in [-0.39, 0.29) is 13.2 Å². The van der Waals surface area contributed by atoms with Gasteiger partial charge in [0.2, 0.25) is 0 Å². The summed E-state index contributed by atoms with van der Waals surface area (Å²) >= 11 is 4.85. The van der Waals surface area contributed by atoms with Crippen molar-refractivity contribution in [3.05, 3.63) is 5.21 Å². The average molecular weight is 200 g/mol. The van der Waals surface area contributed by atoms with Crippen molar-refractivity contribution < 1.29 is 25.0 Å². The summed E-state index contributed by atoms with van der Waals surface area (Å²) in [5.74, 6) is 0. The number of nitrogens with one attached hydrogen (secondary N) is 1. The maximum absolute atomic E-state index is 10.0. The summed E-state index contributed by atoms with van der Waals surface area (Å²) in [6.07, 6.45) is 1.04. The number of rotatable bonds is 6. The van der Waals surface area contributed by atoms with Gasteiger partial charge in [0.05, 0.1) is 6.61 Å². The molecule has 72 valence electrons. The van der Waals surface area contributed by atoms with Crippen molar-refractivity contribution in [2.75, 3.05) is 13.2 Å². The highest BCUT2D eigenvalue weighted by Crippen LogP contribution is 1.92. The fourth-order valence-corrected chi connectivity index (χ4v) is 0.593. The predicted octanol–water partition coefficient (Wildman–Crippen LogP) is -0.154. The van der Waals surface area contributed by atoms with E-state index < -0.39 is 10.8 Å². The Labute approximate surface area is 74.1 Å². The maximum atomic E-state index is 10.0. The Morgan fingerprint density at radius 1 is 1.50 bits per heavy atom. The lowest BCUT2D eigenvalue weighted by Gasteiger charge is -2.09. The minimum atomic E-state index is -1.30. The van der Waals surface area contributed by atoms with Gasteiger partial charge in [-0.3, -0.25) is 0 Å². The minimum absolute atomic E-state index is 0.106. The number of carbonyl (C=O) groups excluding carboxylic acids is 1. The minimum Gasteiger partial charge on any atom is -0.566 e. The molecular weight excluding hydrogens is 190 g/mol. The molecule has 0 radical (unpaired) electrons. The Bertz CT molecular complexity index is 131. The van der Waals surface area contributed by atoms with E-state index in [9.17, 15) is 10.0 Å². The molecule has 0 spiro atoms. The molecule has 0 saturated carbocycles. The monoisotopic (exact) mass is 199 g/mol. The van der Waals surface area contributed by atoms with Crippen LogP contribution in [0.2, 0.25) is 0 Å². The molecule has 12 heavy (non-hydrogen) atoms. The molecule has 0 saturated heterocycles. The van der Waals surface area contributed by atoms with E-state index in [4.69, 9.17) is 16.8 Å². The van der Waals surface area contributed by atoms with E-state index in [1.807, 2.05) is 0 Å². The summed E-state index contributed by atoms with van der Waals surface area (Å²) < 4.78 is 4.37. The summed E-state index contributed by atoms with van der Waals surface area (Å²) in [4.78, 5) is 14.2. The standard InChI is InChI=1S/C5H10ClNO5/c6-5(8)11-3-1-2-4-12-7(9)10/h7,9H,1-4H2. The summed E-state index contributed by atoms with van der Waals surface area (Å²) in [7, 11) is 0. The Kier molecular flexibility index (Phi) is 7.02. The van der Waals surface area contributed by atoms with Crippen LogP contribution in [-0.2, 0) is 9.57 Å². The van der Waals surface area contributed by atoms with Crippen LogP contribution in [0.25, 0.3) is 0 Å². The molecule has 0 fully saturated rings. The second-order valence-electron chi connectivity index (χ2n) is 1.91. The number of carbonyl (C=O) groups is 1. The first-order chi connectivity index (χ1) is 5.63. The van der Waals surface area contributed by atoms with Gasteiger partial charge in [-0.2, -0.15) is 10.0 Å². The smallest absolute Gasteiger partial charge is 0.403 e. The van der Waals surface area contributed by atoms with Gasteiger partial charge in [-0.15, -0.1) is 0 Å². The summed E-state index contributed by atoms with van der Waals surface area (Å²) in [5, 5.41) is 16.5. The van der Waals surface area contributed by atoms with Crippen LogP contribution in [0, 0.1) is 5.21 Å². The third-order valence-corrected chi connectivity index (χ3v) is 1.09. The van der Waals surface area contributed by atoms with E-state index in [1.165, 1.54) is 0 Å². The molecule has 1 atom stereocenters. The highest BCUT2D eigenvalue weighted by atomic mass is 35.5. The maximum Gasteiger partial charge on any atom is 0.403 e. The lowest BCUT2D eigenvalue weighted by Crippen LogP contribution is -3.03. The van der Waals surface area contributed by atoms with E-state index in [0.29, 0.717) is 12.8 Å². The number of quaternary nitrogens is 1. The van der Waals surface area contributed by atoms with Gasteiger partial charge in [0.15, 0.2) is 0 Å². The molecule has 0 aromatic carbocycles. The molecule has 0 aliphatic carbocycles. The molecule has 1 unspecified atom stereocenters. The van der Waals surface area contributed by atoms with Crippen LogP contribution in [-0.4, -0.2) is 23.8 Å². The second-order valence-corrected chi connectivity index (χ2v) is 2.22. The molecule has 2 N–H and O–H groups in total. The van der Waals surface area contributed by atoms with Crippen molar-refractivity contribution >= 4 is 17.0 Å². The average Bonchev–Trinajstić information content (AvgIpc) is 1.95. The largest absolute Gasteiger partial charge is 0.566 e. The molecule has 0 aliphatic heterocycles. The molecule has 0 aliphatic rings. The van der Waals surface area contributed by atoms with E-state index in [0.717, 1.165) is 0 Å². The fourth-order valence-electron chi connectivity index (χ4n) is 0.516. The first-order valence-corrected chi connectivity index (χ1v) is 3.68. The molecule has 0 aromatic rings. The van der Waals surface area contributed by atoms with Crippen LogP contribution in [0.4, 0.5) is 4.79 Å². The van der Waals surface area contributed by atoms with Crippen molar-refractivity contribution in [1.29, 1.82) is 0 Å². The Balaban J connectivity index is 2.96. The summed E-state index contributed by atoms with van der Waals surface area (Å²) in [5.41, 5.74) is -0.853. The number of hydrogen-bond donors (Lipinski definition) is 2. The van der Waals surface area contributed by atoms with Crippen molar-refractivity contribution in [2.45, 2.75) is 12.8 Å². The number of hydrogen-bond acceptors (Lipinski definition) is 5. The third-order valence-electron chi connectivity index (χ3n) is 0.980. The SMILES string of the molecule is O=C(Cl)OCCCCO[NH+]([O-])O. The lowest BCUT2D eigenvalue weighted by atomic mass is 10.3. The molecular formula is C5H10ClNO5. The van der Waals surface area contributed by atoms with Gasteiger partial charge < -0.3 is 9.94 Å². The topological polar surface area (TPSA) is 83.3 Å². The highest BCUT2D eigenvalue weighted by molar-refractivity contribution is 6.61. The molecule has 7 heteroatoms. The zero-order valence-corrected chi connectivity index (χ0v) is 7.04. The van der Waals surface area contributed by atoms with Crippen LogP contribution < -0.4 is 5.39 Å². The molecule has 0 amide bonds. The Morgan fingerprint density at radius 3 is 2.58 bits per heavy atom. The van der Waals surface area contributed by atoms with Crippen LogP contribution >= 0.6 is 11.6 Å². The quantitative estimate of drug-likeness (QED) is 0.353. The van der Waals surface area contributed by atoms with Crippen LogP contribution in [0.3, 0.4) is 0 Å². The molecule has 0 aromatic heterocycles. The zero-order chi connectivity index (χ0) is 9.40. The molecule has 0 heterocycles. The summed E-state index contributed by atoms with van der Waals surface area (Å²) in [6.45, 7) is 0.292. The van der Waals surface area contributed by atoms with Gasteiger partial charge in [-0.25, -0.2) is 4.79 Å². The first-order valence-electron chi connectivity index (χ1n) is 3.31. The van der Waals surface area contributed by atoms with Crippen molar-refractivity contribution in [2.24, 2.45) is 0 Å². The van der Waals surface area contributed by atoms with Crippen molar-refractivity contribution in [3.8, 4) is 0 Å². The van der Waals surface area contributed by atoms with E-state index >= 15 is 0 Å². The van der Waals surface area contributed by atoms with Crippen LogP contribution in [0.15, 0.2) is 0 Å². The van der Waals surface area contributed by atoms with Gasteiger partial charge in [0, 0.05) is 11.6 Å². The molecule has 0 rings (SSSR count). The van der Waals surface area contributed by atoms with Crippen LogP contribution in [0.1, 0.15) is 12.8 Å². The third kappa shape index (κ3) is 9.60. The van der Waals surface area contributed by atoms with Crippen LogP contribution in [0.5, 0.6) is 0 Å². The second kappa shape index (κ2) is 7.26. The number of halogens is 1. The van der Waals surface area contributed by atoms with Gasteiger partial charge in [0.1, 0.15) is 6.61 Å². The highest BCUT2D eigenvalue weighted by Gasteiger charge is 1.96. The number of ether oxygens (including phenoxy) is 1. The summed E-state index contributed by atoms with van der Waals surface area (Å²) in [6, 6.07) is 0.